The molecule has 1 amide bonds. The molecule has 6 rings (SSSR count). The van der Waals surface area contributed by atoms with Gasteiger partial charge in [-0.15, -0.1) is 0 Å². The fourth-order valence-electron chi connectivity index (χ4n) is 6.34. The van der Waals surface area contributed by atoms with Crippen molar-refractivity contribution >= 4 is 24.1 Å². The van der Waals surface area contributed by atoms with E-state index in [-0.39, 0.29) is 37.2 Å². The molecular formula is C37H36N2O8. The zero-order chi connectivity index (χ0) is 32.9. The number of amides is 1. The summed E-state index contributed by atoms with van der Waals surface area (Å²) in [4.78, 5) is 40.3. The number of benzene rings is 4. The van der Waals surface area contributed by atoms with Gasteiger partial charge in [-0.05, 0) is 89.9 Å². The number of nitrogen functional groups attached to an aromatic ring is 1. The molecule has 0 spiro atoms. The number of hydrogen-bond acceptors (Lipinski definition) is 9. The van der Waals surface area contributed by atoms with Crippen LogP contribution in [0.2, 0.25) is 0 Å². The van der Waals surface area contributed by atoms with Crippen molar-refractivity contribution in [1.29, 1.82) is 0 Å². The van der Waals surface area contributed by atoms with Gasteiger partial charge in [-0.1, -0.05) is 60.7 Å². The highest BCUT2D eigenvalue weighted by atomic mass is 16.7. The molecule has 10 nitrogen and oxygen atoms in total. The summed E-state index contributed by atoms with van der Waals surface area (Å²) >= 11 is 0. The molecule has 4 aromatic carbocycles. The maximum atomic E-state index is 14.0. The topological polar surface area (TPSA) is 127 Å². The van der Waals surface area contributed by atoms with Gasteiger partial charge >= 0.3 is 18.4 Å². The molecule has 1 aliphatic carbocycles. The Morgan fingerprint density at radius 1 is 0.745 bits per heavy atom. The van der Waals surface area contributed by atoms with Gasteiger partial charge in [0, 0.05) is 18.2 Å². The lowest BCUT2D eigenvalue weighted by Gasteiger charge is -2.37. The van der Waals surface area contributed by atoms with Crippen LogP contribution in [-0.2, 0) is 27.1 Å². The van der Waals surface area contributed by atoms with E-state index >= 15 is 0 Å². The normalized spacial score (nSPS) is 14.8. The smallest absolute Gasteiger partial charge is 0.448 e. The van der Waals surface area contributed by atoms with Crippen molar-refractivity contribution in [2.24, 2.45) is 0 Å². The number of carbonyl (C=O) groups is 3. The Hall–Kier alpha value is -5.51. The first-order valence-corrected chi connectivity index (χ1v) is 15.7. The molecule has 10 heteroatoms. The van der Waals surface area contributed by atoms with Crippen LogP contribution in [0, 0.1) is 0 Å². The monoisotopic (exact) mass is 636 g/mol. The molecule has 242 valence electrons. The van der Waals surface area contributed by atoms with Crippen molar-refractivity contribution in [3.63, 3.8) is 0 Å². The number of fused-ring (bicyclic) bond motifs is 4. The number of anilines is 1. The molecule has 0 radical (unpaired) electrons. The van der Waals surface area contributed by atoms with Crippen molar-refractivity contribution in [3.05, 3.63) is 113 Å². The number of ether oxygens (including phenoxy) is 5. The molecule has 0 bridgehead atoms. The van der Waals surface area contributed by atoms with Crippen LogP contribution in [0.25, 0.3) is 11.1 Å². The van der Waals surface area contributed by atoms with Gasteiger partial charge in [0.1, 0.15) is 6.61 Å². The van der Waals surface area contributed by atoms with Crippen LogP contribution in [-0.4, -0.2) is 49.7 Å². The molecule has 2 aliphatic rings. The zero-order valence-electron chi connectivity index (χ0n) is 26.3. The first-order valence-electron chi connectivity index (χ1n) is 15.7. The van der Waals surface area contributed by atoms with Crippen LogP contribution in [0.3, 0.4) is 0 Å². The minimum Gasteiger partial charge on any atom is -0.448 e. The van der Waals surface area contributed by atoms with E-state index in [4.69, 9.17) is 29.4 Å². The van der Waals surface area contributed by atoms with Gasteiger partial charge in [0.25, 0.3) is 0 Å². The average Bonchev–Trinajstić information content (AvgIpc) is 3.39. The maximum absolute atomic E-state index is 14.0. The third-order valence-corrected chi connectivity index (χ3v) is 8.45. The minimum atomic E-state index is -0.958. The molecule has 0 saturated carbocycles. The van der Waals surface area contributed by atoms with Gasteiger partial charge < -0.3 is 34.3 Å². The standard InChI is InChI=1S/C37H36N2O8/c1-3-43-36(41)46-33-20-24-17-18-39(35(40)45-22-31-28-11-7-5-9-26(28)27-10-6-8-12-29(27)31)32(19-23-13-15-25(38)16-14-23)30(24)21-34(33)47-37(42)44-4-2/h5-16,20-21,31-32H,3-4,17-19,22,38H2,1-2H3. The molecule has 2 N–H and O–H groups in total. The Bertz CT molecular complexity index is 1740. The highest BCUT2D eigenvalue weighted by molar-refractivity contribution is 5.79. The van der Waals surface area contributed by atoms with Crippen molar-refractivity contribution in [2.75, 3.05) is 32.1 Å². The Morgan fingerprint density at radius 3 is 1.91 bits per heavy atom. The summed E-state index contributed by atoms with van der Waals surface area (Å²) in [6.45, 7) is 4.03. The van der Waals surface area contributed by atoms with Gasteiger partial charge in [-0.2, -0.15) is 0 Å². The van der Waals surface area contributed by atoms with Crippen LogP contribution in [0.4, 0.5) is 20.1 Å². The van der Waals surface area contributed by atoms with Crippen LogP contribution >= 0.6 is 0 Å². The second-order valence-electron chi connectivity index (χ2n) is 11.3. The van der Waals surface area contributed by atoms with Crippen LogP contribution in [0.1, 0.15) is 53.6 Å². The molecule has 4 aromatic rings. The zero-order valence-corrected chi connectivity index (χ0v) is 26.3. The van der Waals surface area contributed by atoms with E-state index in [1.807, 2.05) is 48.5 Å². The van der Waals surface area contributed by atoms with Crippen LogP contribution in [0.5, 0.6) is 11.5 Å². The minimum absolute atomic E-state index is 0.0103. The number of nitrogens with two attached hydrogens (primary N) is 1. The number of hydrogen-bond donors (Lipinski definition) is 1. The van der Waals surface area contributed by atoms with Gasteiger partial charge in [0.2, 0.25) is 0 Å². The van der Waals surface area contributed by atoms with E-state index in [1.165, 1.54) is 0 Å². The van der Waals surface area contributed by atoms with E-state index in [0.29, 0.717) is 25.1 Å². The molecule has 1 heterocycles. The SMILES string of the molecule is CCOC(=O)Oc1cc2c(cc1OC(=O)OCC)C(Cc1ccc(N)cc1)N(C(=O)OCC1c3ccccc3-c3ccccc31)CC2. The second kappa shape index (κ2) is 13.9. The van der Waals surface area contributed by atoms with Gasteiger partial charge in [-0.25, -0.2) is 14.4 Å². The van der Waals surface area contributed by atoms with Gasteiger partial charge in [-0.3, -0.25) is 0 Å². The lowest BCUT2D eigenvalue weighted by atomic mass is 9.88. The van der Waals surface area contributed by atoms with E-state index in [9.17, 15) is 14.4 Å². The largest absolute Gasteiger partial charge is 0.513 e. The predicted octanol–water partition coefficient (Wildman–Crippen LogP) is 7.43. The molecule has 47 heavy (non-hydrogen) atoms. The molecular weight excluding hydrogens is 600 g/mol. The summed E-state index contributed by atoms with van der Waals surface area (Å²) in [5, 5.41) is 0. The Balaban J connectivity index is 1.32. The second-order valence-corrected chi connectivity index (χ2v) is 11.3. The first kappa shape index (κ1) is 31.5. The van der Waals surface area contributed by atoms with Gasteiger partial charge in [0.15, 0.2) is 11.5 Å². The number of rotatable bonds is 8. The van der Waals surface area contributed by atoms with Crippen molar-refractivity contribution in [1.82, 2.24) is 4.90 Å². The Labute approximate surface area is 272 Å². The van der Waals surface area contributed by atoms with E-state index < -0.39 is 24.4 Å². The molecule has 1 unspecified atom stereocenters. The quantitative estimate of drug-likeness (QED) is 0.0909. The molecule has 0 saturated heterocycles. The molecule has 0 fully saturated rings. The average molecular weight is 637 g/mol. The maximum Gasteiger partial charge on any atom is 0.513 e. The lowest BCUT2D eigenvalue weighted by Crippen LogP contribution is -2.41. The van der Waals surface area contributed by atoms with E-state index in [0.717, 1.165) is 38.9 Å². The van der Waals surface area contributed by atoms with Crippen LogP contribution < -0.4 is 15.2 Å². The fraction of sp³-hybridized carbons (Fsp3) is 0.270. The Kier molecular flexibility index (Phi) is 9.28. The summed E-state index contributed by atoms with van der Waals surface area (Å²) < 4.78 is 26.9. The van der Waals surface area contributed by atoms with E-state index in [2.05, 4.69) is 24.3 Å². The van der Waals surface area contributed by atoms with Crippen molar-refractivity contribution in [2.45, 2.75) is 38.6 Å². The van der Waals surface area contributed by atoms with Crippen molar-refractivity contribution in [3.8, 4) is 22.6 Å². The first-order chi connectivity index (χ1) is 22.9. The highest BCUT2D eigenvalue weighted by Gasteiger charge is 2.36. The van der Waals surface area contributed by atoms with Crippen LogP contribution in [0.15, 0.2) is 84.9 Å². The third kappa shape index (κ3) is 6.72. The summed E-state index contributed by atoms with van der Waals surface area (Å²) in [6, 6.07) is 26.6. The molecule has 1 atom stereocenters. The summed E-state index contributed by atoms with van der Waals surface area (Å²) in [5.74, 6) is -0.117. The van der Waals surface area contributed by atoms with E-state index in [1.54, 1.807) is 30.9 Å². The summed E-state index contributed by atoms with van der Waals surface area (Å²) in [5.41, 5.74) is 13.6. The Morgan fingerprint density at radius 2 is 1.32 bits per heavy atom. The summed E-state index contributed by atoms with van der Waals surface area (Å²) in [7, 11) is 0. The van der Waals surface area contributed by atoms with Gasteiger partial charge in [0.05, 0.1) is 19.3 Å². The predicted molar refractivity (Wildman–Crippen MR) is 175 cm³/mol. The fourth-order valence-corrected chi connectivity index (χ4v) is 6.34. The molecule has 0 aromatic heterocycles. The highest BCUT2D eigenvalue weighted by Crippen LogP contribution is 2.45. The van der Waals surface area contributed by atoms with Crippen molar-refractivity contribution < 1.29 is 38.1 Å². The number of carbonyl (C=O) groups excluding carboxylic acids is 3. The lowest BCUT2D eigenvalue weighted by molar-refractivity contribution is 0.0796. The summed E-state index contributed by atoms with van der Waals surface area (Å²) in [6.07, 6.45) is -1.49. The third-order valence-electron chi connectivity index (χ3n) is 8.45. The molecule has 1 aliphatic heterocycles. The number of nitrogens with zero attached hydrogens (tertiary/aromatic N) is 1.